The molecule has 1 aromatic carbocycles. The zero-order valence-corrected chi connectivity index (χ0v) is 55.5. The molecule has 9 heteroatoms. The van der Waals surface area contributed by atoms with Crippen LogP contribution in [-0.2, 0) is 14.3 Å². The van der Waals surface area contributed by atoms with E-state index in [1.165, 1.54) is 125 Å². The highest BCUT2D eigenvalue weighted by Crippen LogP contribution is 2.36. The Morgan fingerprint density at radius 2 is 1.43 bits per heavy atom. The van der Waals surface area contributed by atoms with Crippen molar-refractivity contribution >= 4 is 41.1 Å². The summed E-state index contributed by atoms with van der Waals surface area (Å²) in [4.78, 5) is 46.4. The average molecular weight is 1120 g/mol. The molecule has 1 amide bonds. The van der Waals surface area contributed by atoms with E-state index in [0.717, 1.165) is 89.0 Å². The van der Waals surface area contributed by atoms with E-state index in [-0.39, 0.29) is 17.6 Å². The third-order valence-electron chi connectivity index (χ3n) is 16.1. The van der Waals surface area contributed by atoms with Crippen LogP contribution < -0.4 is 15.5 Å². The van der Waals surface area contributed by atoms with Crippen molar-refractivity contribution in [1.29, 1.82) is 0 Å². The number of rotatable bonds is 26. The highest BCUT2D eigenvalue weighted by Gasteiger charge is 2.22. The third kappa shape index (κ3) is 32.4. The molecule has 2 N–H and O–H groups in total. The minimum atomic E-state index is -0.263. The molecule has 0 bridgehead atoms. The second kappa shape index (κ2) is 46.4. The van der Waals surface area contributed by atoms with Crippen molar-refractivity contribution in [2.45, 2.75) is 252 Å². The smallest absolute Gasteiger partial charge is 0.227 e. The van der Waals surface area contributed by atoms with Crippen LogP contribution in [0.5, 0.6) is 0 Å². The number of ketones is 1. The normalized spacial score (nSPS) is 15.7. The number of nitrogens with one attached hydrogen (secondary N) is 2. The Bertz CT molecular complexity index is 2230. The standard InChI is InChI=1S/C26H30N4O2.C16H25NO2.C11H24.C10H22.C5H10.C4H10/c1-17-9-10-21-23(13-17)30(3)26(29-21)8-6-5-7-24(31)19-14-18(2)28-22(15-19)20-16-27-12-11-25(20)32-4;1-6-14(10-9-13(4)12(2)3)15(8-7-11-18)16(19)17-5;1-5-7-11(4)9-8-10(3)6-2;1-5-7-8-10(4)9(3)6-2;1-2-4-5-3-1;1-3-4-2/h8-10,13-16,29H,5-7,11-12H2,1-4H3;6,9-11,15H,7-8H2,1-5H3,(H,17,19);10-11H,5-9H2,1-4H3;9-10H,5-8H2,1-4H3;1-5H2;3-4H2,1-2H3/b26-8-;10-9-,14-6+;;;;. The van der Waals surface area contributed by atoms with Gasteiger partial charge < -0.3 is 25.1 Å². The maximum Gasteiger partial charge on any atom is 0.227 e. The van der Waals surface area contributed by atoms with Crippen LogP contribution in [0.2, 0.25) is 0 Å². The van der Waals surface area contributed by atoms with E-state index in [0.29, 0.717) is 31.4 Å². The predicted octanol–water partition coefficient (Wildman–Crippen LogP) is 20.3. The number of dihydropyridines is 1. The second-order valence-corrected chi connectivity index (χ2v) is 23.3. The van der Waals surface area contributed by atoms with Crippen molar-refractivity contribution in [2.75, 3.05) is 38.0 Å². The number of allylic oxidation sites excluding steroid dienone is 7. The molecule has 9 nitrogen and oxygen atoms in total. The van der Waals surface area contributed by atoms with Gasteiger partial charge in [0, 0.05) is 57.4 Å². The van der Waals surface area contributed by atoms with Gasteiger partial charge in [-0.3, -0.25) is 19.6 Å². The molecule has 3 aliphatic rings. The predicted molar refractivity (Wildman–Crippen MR) is 355 cm³/mol. The highest BCUT2D eigenvalue weighted by molar-refractivity contribution is 6.11. The first kappa shape index (κ1) is 76.0. The molecule has 5 atom stereocenters. The molecular weight excluding hydrogens is 999 g/mol. The first-order valence-electron chi connectivity index (χ1n) is 32.0. The van der Waals surface area contributed by atoms with Crippen molar-refractivity contribution in [1.82, 2.24) is 10.3 Å². The van der Waals surface area contributed by atoms with Gasteiger partial charge in [0.2, 0.25) is 5.91 Å². The Hall–Kier alpha value is -5.05. The minimum Gasteiger partial charge on any atom is -0.500 e. The molecule has 0 radical (unpaired) electrons. The molecule has 5 rings (SSSR count). The van der Waals surface area contributed by atoms with Crippen LogP contribution in [0.4, 0.5) is 11.4 Å². The van der Waals surface area contributed by atoms with Gasteiger partial charge >= 0.3 is 0 Å². The topological polar surface area (TPSA) is 113 Å². The molecule has 1 aliphatic carbocycles. The van der Waals surface area contributed by atoms with Gasteiger partial charge in [-0.15, -0.1) is 0 Å². The summed E-state index contributed by atoms with van der Waals surface area (Å²) in [6, 6.07) is 10.1. The molecule has 1 fully saturated rings. The van der Waals surface area contributed by atoms with Crippen LogP contribution in [0, 0.1) is 43.4 Å². The molecule has 2 aliphatic heterocycles. The van der Waals surface area contributed by atoms with Crippen molar-refractivity contribution in [3.05, 3.63) is 105 Å². The third-order valence-corrected chi connectivity index (χ3v) is 16.1. The van der Waals surface area contributed by atoms with Crippen molar-refractivity contribution in [3.8, 4) is 0 Å². The molecule has 0 spiro atoms. The number of pyridine rings is 1. The van der Waals surface area contributed by atoms with Gasteiger partial charge in [-0.25, -0.2) is 0 Å². The van der Waals surface area contributed by atoms with Gasteiger partial charge in [-0.1, -0.05) is 207 Å². The summed E-state index contributed by atoms with van der Waals surface area (Å²) in [5.41, 5.74) is 10.1. The lowest BCUT2D eigenvalue weighted by atomic mass is 9.89. The van der Waals surface area contributed by atoms with Gasteiger partial charge in [0.1, 0.15) is 17.9 Å². The Balaban J connectivity index is 0.00000110. The van der Waals surface area contributed by atoms with Crippen LogP contribution >= 0.6 is 0 Å². The SMILES string of the molecule is C/C=C(\C=C/C(C)=C(C)C)C(CCC=O)C(=O)NC.C1CCCC1.CCCC.CCCC(C)CCC(C)CC.CCCCC(C)C(C)CC.COC1=C(c2cc(C(=O)CCC/C=C3/Nc4ccc(C)cc4N3C)cc(C)n2)C=NCC1. The average Bonchev–Trinajstić information content (AvgIpc) is 4.27. The minimum absolute atomic E-state index is 0.0468. The molecule has 3 heterocycles. The maximum absolute atomic E-state index is 12.9. The summed E-state index contributed by atoms with van der Waals surface area (Å²) in [6.45, 7) is 35.7. The van der Waals surface area contributed by atoms with Crippen molar-refractivity contribution < 1.29 is 19.1 Å². The van der Waals surface area contributed by atoms with E-state index in [9.17, 15) is 14.4 Å². The summed E-state index contributed by atoms with van der Waals surface area (Å²) in [7, 11) is 5.35. The Labute approximate surface area is 498 Å². The quantitative estimate of drug-likeness (QED) is 0.0417. The number of nitrogens with zero attached hydrogens (tertiary/aromatic N) is 3. The maximum atomic E-state index is 12.9. The number of hydrogen-bond donors (Lipinski definition) is 2. The van der Waals surface area contributed by atoms with Crippen LogP contribution in [0.3, 0.4) is 0 Å². The lowest BCUT2D eigenvalue weighted by molar-refractivity contribution is -0.123. The molecule has 81 heavy (non-hydrogen) atoms. The van der Waals surface area contributed by atoms with Crippen molar-refractivity contribution in [3.63, 3.8) is 0 Å². The van der Waals surface area contributed by atoms with E-state index in [1.807, 2.05) is 51.1 Å². The number of aliphatic imine (C=N–C) groups is 1. The number of anilines is 2. The number of aldehydes is 1. The summed E-state index contributed by atoms with van der Waals surface area (Å²) in [5, 5.41) is 6.11. The molecule has 2 aromatic rings. The van der Waals surface area contributed by atoms with Gasteiger partial charge in [-0.2, -0.15) is 0 Å². The molecule has 458 valence electrons. The van der Waals surface area contributed by atoms with E-state index in [4.69, 9.17) is 4.74 Å². The lowest BCUT2D eigenvalue weighted by Crippen LogP contribution is -2.28. The first-order valence-corrected chi connectivity index (χ1v) is 32.0. The number of amides is 1. The number of unbranched alkanes of at least 4 members (excludes halogenated alkanes) is 3. The van der Waals surface area contributed by atoms with E-state index < -0.39 is 0 Å². The number of benzene rings is 1. The zero-order chi connectivity index (χ0) is 61.1. The summed E-state index contributed by atoms with van der Waals surface area (Å²) in [6.07, 6.45) is 37.2. The Morgan fingerprint density at radius 3 is 1.98 bits per heavy atom. The first-order chi connectivity index (χ1) is 38.8. The Kier molecular flexibility index (Phi) is 43.5. The van der Waals surface area contributed by atoms with Gasteiger partial charge in [0.15, 0.2) is 5.78 Å². The summed E-state index contributed by atoms with van der Waals surface area (Å²) in [5.74, 6) is 5.51. The lowest BCUT2D eigenvalue weighted by Gasteiger charge is -2.17. The fourth-order valence-electron chi connectivity index (χ4n) is 9.29. The monoisotopic (exact) mass is 1120 g/mol. The zero-order valence-electron chi connectivity index (χ0n) is 55.5. The second-order valence-electron chi connectivity index (χ2n) is 23.3. The van der Waals surface area contributed by atoms with Gasteiger partial charge in [0.25, 0.3) is 0 Å². The number of fused-ring (bicyclic) bond motifs is 1. The number of carbonyl (C=O) groups excluding carboxylic acids is 3. The van der Waals surface area contributed by atoms with Crippen LogP contribution in [0.15, 0.2) is 87.9 Å². The molecule has 1 aromatic heterocycles. The van der Waals surface area contributed by atoms with E-state index in [2.05, 4.69) is 147 Å². The fourth-order valence-corrected chi connectivity index (χ4v) is 9.29. The highest BCUT2D eigenvalue weighted by atomic mass is 16.5. The van der Waals surface area contributed by atoms with Gasteiger partial charge in [-0.05, 0) is 126 Å². The number of ether oxygens (including phenoxy) is 1. The number of hydrogen-bond acceptors (Lipinski definition) is 8. The summed E-state index contributed by atoms with van der Waals surface area (Å²) >= 11 is 0. The molecule has 5 unspecified atom stereocenters. The number of carbonyl (C=O) groups is 3. The fraction of sp³-hybridized carbons (Fsp3) is 0.653. The van der Waals surface area contributed by atoms with Crippen LogP contribution in [0.1, 0.15) is 265 Å². The number of Topliss-reactive ketones (excluding diaryl/α,β-unsaturated/α-hetero) is 1. The van der Waals surface area contributed by atoms with E-state index >= 15 is 0 Å². The van der Waals surface area contributed by atoms with Gasteiger partial charge in [0.05, 0.1) is 35.7 Å². The van der Waals surface area contributed by atoms with Crippen LogP contribution in [-0.4, -0.2) is 56.9 Å². The largest absolute Gasteiger partial charge is 0.500 e. The van der Waals surface area contributed by atoms with E-state index in [1.54, 1.807) is 20.4 Å². The Morgan fingerprint density at radius 1 is 0.778 bits per heavy atom. The molecule has 1 saturated carbocycles. The van der Waals surface area contributed by atoms with Crippen LogP contribution in [0.25, 0.3) is 5.57 Å². The molecule has 0 saturated heterocycles. The number of aryl methyl sites for hydroxylation is 2. The summed E-state index contributed by atoms with van der Waals surface area (Å²) < 4.78 is 5.51. The van der Waals surface area contributed by atoms with Crippen molar-refractivity contribution in [2.24, 2.45) is 34.6 Å². The molecular formula is C72H121N5O4. The number of methoxy groups -OCH3 is 1. The number of aromatic nitrogens is 1.